The van der Waals surface area contributed by atoms with Gasteiger partial charge in [-0.2, -0.15) is 0 Å². The molecule has 98 valence electrons. The van der Waals surface area contributed by atoms with Crippen LogP contribution in [-0.2, 0) is 4.79 Å². The van der Waals surface area contributed by atoms with E-state index in [-0.39, 0.29) is 12.1 Å². The van der Waals surface area contributed by atoms with Gasteiger partial charge in [-0.3, -0.25) is 0 Å². The average Bonchev–Trinajstić information content (AvgIpc) is 2.73. The van der Waals surface area contributed by atoms with Gasteiger partial charge in [0.2, 0.25) is 0 Å². The number of urea groups is 1. The van der Waals surface area contributed by atoms with Gasteiger partial charge in [0.25, 0.3) is 0 Å². The van der Waals surface area contributed by atoms with Crippen LogP contribution in [0.4, 0.5) is 4.79 Å². The minimum Gasteiger partial charge on any atom is -0.480 e. The molecule has 17 heavy (non-hydrogen) atoms. The minimum atomic E-state index is -0.893. The molecular weight excluding hydrogens is 220 g/mol. The summed E-state index contributed by atoms with van der Waals surface area (Å²) >= 11 is 0. The third-order valence-electron chi connectivity index (χ3n) is 3.12. The number of rotatable bonds is 4. The molecule has 1 N–H and O–H groups in total. The molecule has 1 aliphatic rings. The van der Waals surface area contributed by atoms with Gasteiger partial charge in [0.15, 0.2) is 0 Å². The molecule has 0 radical (unpaired) electrons. The van der Waals surface area contributed by atoms with Crippen LogP contribution in [0.2, 0.25) is 0 Å². The molecule has 1 aliphatic heterocycles. The maximum absolute atomic E-state index is 12.3. The highest BCUT2D eigenvalue weighted by Crippen LogP contribution is 2.20. The second-order valence-corrected chi connectivity index (χ2v) is 4.76. The maximum atomic E-state index is 12.3. The second-order valence-electron chi connectivity index (χ2n) is 4.76. The molecule has 0 spiro atoms. The first-order valence-corrected chi connectivity index (χ1v) is 6.29. The van der Waals surface area contributed by atoms with Gasteiger partial charge in [-0.15, -0.1) is 0 Å². The minimum absolute atomic E-state index is 0.109. The quantitative estimate of drug-likeness (QED) is 0.817. The van der Waals surface area contributed by atoms with Crippen molar-refractivity contribution in [1.82, 2.24) is 9.80 Å². The lowest BCUT2D eigenvalue weighted by atomic mass is 10.2. The molecule has 0 aliphatic carbocycles. The molecule has 2 amide bonds. The standard InChI is InChI=1S/C12H22N2O3/c1-4-7-13(9(2)3)12(17)14-8-5-6-10(14)11(15)16/h9-10H,4-8H2,1-3H3,(H,15,16)/t10-/m1/s1. The molecule has 0 bridgehead atoms. The Kier molecular flexibility index (Phi) is 4.78. The van der Waals surface area contributed by atoms with E-state index in [2.05, 4.69) is 0 Å². The van der Waals surface area contributed by atoms with E-state index in [9.17, 15) is 9.59 Å². The molecule has 1 rings (SSSR count). The zero-order valence-electron chi connectivity index (χ0n) is 10.8. The van der Waals surface area contributed by atoms with Crippen molar-refractivity contribution in [3.8, 4) is 0 Å². The maximum Gasteiger partial charge on any atom is 0.326 e. The first-order valence-electron chi connectivity index (χ1n) is 6.29. The summed E-state index contributed by atoms with van der Waals surface area (Å²) in [6, 6.07) is -0.662. The summed E-state index contributed by atoms with van der Waals surface area (Å²) in [5, 5.41) is 9.07. The van der Waals surface area contributed by atoms with Crippen LogP contribution in [0.3, 0.4) is 0 Å². The van der Waals surface area contributed by atoms with Gasteiger partial charge in [-0.1, -0.05) is 6.92 Å². The number of aliphatic carboxylic acids is 1. The van der Waals surface area contributed by atoms with Crippen molar-refractivity contribution in [1.29, 1.82) is 0 Å². The van der Waals surface area contributed by atoms with Gasteiger partial charge < -0.3 is 14.9 Å². The Hall–Kier alpha value is -1.26. The fourth-order valence-electron chi connectivity index (χ4n) is 2.23. The van der Waals surface area contributed by atoms with Crippen molar-refractivity contribution in [3.05, 3.63) is 0 Å². The predicted octanol–water partition coefficient (Wildman–Crippen LogP) is 1.78. The van der Waals surface area contributed by atoms with Crippen LogP contribution in [0.1, 0.15) is 40.0 Å². The Morgan fingerprint density at radius 3 is 2.59 bits per heavy atom. The number of carboxylic acid groups (broad SMARTS) is 1. The van der Waals surface area contributed by atoms with Crippen LogP contribution in [0.25, 0.3) is 0 Å². The number of likely N-dealkylation sites (tertiary alicyclic amines) is 1. The van der Waals surface area contributed by atoms with Crippen molar-refractivity contribution in [2.45, 2.75) is 52.1 Å². The van der Waals surface area contributed by atoms with E-state index in [1.807, 2.05) is 20.8 Å². The molecule has 0 aromatic heterocycles. The van der Waals surface area contributed by atoms with Crippen LogP contribution in [-0.4, -0.2) is 52.1 Å². The number of hydrogen-bond donors (Lipinski definition) is 1. The van der Waals surface area contributed by atoms with E-state index >= 15 is 0 Å². The highest BCUT2D eigenvalue weighted by atomic mass is 16.4. The topological polar surface area (TPSA) is 60.9 Å². The van der Waals surface area contributed by atoms with E-state index in [1.54, 1.807) is 4.90 Å². The summed E-state index contributed by atoms with van der Waals surface area (Å²) < 4.78 is 0. The summed E-state index contributed by atoms with van der Waals surface area (Å²) in [5.41, 5.74) is 0. The predicted molar refractivity (Wildman–Crippen MR) is 64.9 cm³/mol. The van der Waals surface area contributed by atoms with Crippen molar-refractivity contribution in [2.24, 2.45) is 0 Å². The number of carbonyl (C=O) groups excluding carboxylic acids is 1. The zero-order valence-corrected chi connectivity index (χ0v) is 10.8. The lowest BCUT2D eigenvalue weighted by Crippen LogP contribution is -2.50. The summed E-state index contributed by atoms with van der Waals surface area (Å²) in [6.45, 7) is 7.17. The first-order chi connectivity index (χ1) is 7.99. The van der Waals surface area contributed by atoms with Crippen molar-refractivity contribution < 1.29 is 14.7 Å². The van der Waals surface area contributed by atoms with Gasteiger partial charge >= 0.3 is 12.0 Å². The van der Waals surface area contributed by atoms with Crippen molar-refractivity contribution in [2.75, 3.05) is 13.1 Å². The number of amides is 2. The molecule has 0 unspecified atom stereocenters. The average molecular weight is 242 g/mol. The highest BCUT2D eigenvalue weighted by Gasteiger charge is 2.36. The van der Waals surface area contributed by atoms with Crippen LogP contribution in [0.15, 0.2) is 0 Å². The zero-order chi connectivity index (χ0) is 13.0. The van der Waals surface area contributed by atoms with Crippen molar-refractivity contribution >= 4 is 12.0 Å². The smallest absolute Gasteiger partial charge is 0.326 e. The highest BCUT2D eigenvalue weighted by molar-refractivity contribution is 5.83. The lowest BCUT2D eigenvalue weighted by molar-refractivity contribution is -0.141. The van der Waals surface area contributed by atoms with Gasteiger partial charge in [-0.05, 0) is 33.1 Å². The van der Waals surface area contributed by atoms with Gasteiger partial charge in [0.05, 0.1) is 0 Å². The summed E-state index contributed by atoms with van der Waals surface area (Å²) in [6.07, 6.45) is 2.23. The Bertz CT molecular complexity index is 291. The first kappa shape index (κ1) is 13.8. The van der Waals surface area contributed by atoms with Gasteiger partial charge in [0, 0.05) is 19.1 Å². The number of nitrogens with zero attached hydrogens (tertiary/aromatic N) is 2. The molecular formula is C12H22N2O3. The SMILES string of the molecule is CCCN(C(=O)N1CCC[C@@H]1C(=O)O)C(C)C. The third-order valence-corrected chi connectivity index (χ3v) is 3.12. The third kappa shape index (κ3) is 3.11. The van der Waals surface area contributed by atoms with Crippen LogP contribution >= 0.6 is 0 Å². The molecule has 1 atom stereocenters. The van der Waals surface area contributed by atoms with E-state index in [4.69, 9.17) is 5.11 Å². The number of carbonyl (C=O) groups is 2. The van der Waals surface area contributed by atoms with Gasteiger partial charge in [-0.25, -0.2) is 9.59 Å². The molecule has 0 saturated carbocycles. The number of carboxylic acids is 1. The molecule has 0 aromatic rings. The van der Waals surface area contributed by atoms with E-state index in [1.165, 1.54) is 4.90 Å². The summed E-state index contributed by atoms with van der Waals surface area (Å²) in [7, 11) is 0. The Morgan fingerprint density at radius 1 is 1.47 bits per heavy atom. The normalized spacial score (nSPS) is 19.8. The molecule has 0 aromatic carbocycles. The fraction of sp³-hybridized carbons (Fsp3) is 0.833. The summed E-state index contributed by atoms with van der Waals surface area (Å²) in [5.74, 6) is -0.893. The number of hydrogen-bond acceptors (Lipinski definition) is 2. The molecule has 1 fully saturated rings. The van der Waals surface area contributed by atoms with E-state index in [0.29, 0.717) is 19.5 Å². The van der Waals surface area contributed by atoms with Crippen LogP contribution in [0, 0.1) is 0 Å². The Balaban J connectivity index is 2.75. The summed E-state index contributed by atoms with van der Waals surface area (Å²) in [4.78, 5) is 26.6. The molecule has 5 nitrogen and oxygen atoms in total. The Labute approximate surface area is 102 Å². The van der Waals surface area contributed by atoms with Gasteiger partial charge in [0.1, 0.15) is 6.04 Å². The lowest BCUT2D eigenvalue weighted by Gasteiger charge is -2.32. The second kappa shape index (κ2) is 5.89. The van der Waals surface area contributed by atoms with E-state index in [0.717, 1.165) is 12.8 Å². The molecule has 1 saturated heterocycles. The monoisotopic (exact) mass is 242 g/mol. The van der Waals surface area contributed by atoms with Crippen LogP contribution in [0.5, 0.6) is 0 Å². The molecule has 5 heteroatoms. The molecule has 1 heterocycles. The van der Waals surface area contributed by atoms with Crippen molar-refractivity contribution in [3.63, 3.8) is 0 Å². The largest absolute Gasteiger partial charge is 0.480 e. The fourth-order valence-corrected chi connectivity index (χ4v) is 2.23. The Morgan fingerprint density at radius 2 is 2.12 bits per heavy atom. The van der Waals surface area contributed by atoms with Crippen LogP contribution < -0.4 is 0 Å². The van der Waals surface area contributed by atoms with E-state index < -0.39 is 12.0 Å².